The molecule has 2 rings (SSSR count). The van der Waals surface area contributed by atoms with E-state index in [1.54, 1.807) is 20.3 Å². The lowest BCUT2D eigenvalue weighted by Gasteiger charge is -2.25. The fraction of sp³-hybridized carbons (Fsp3) is 0.391. The smallest absolute Gasteiger partial charge is 0.244 e. The monoisotopic (exact) mass is 430 g/mol. The Morgan fingerprint density at radius 2 is 1.73 bits per heavy atom. The molecule has 6 nitrogen and oxygen atoms in total. The fourth-order valence-corrected chi connectivity index (χ4v) is 3.50. The third-order valence-corrected chi connectivity index (χ3v) is 5.13. The first kappa shape index (κ1) is 23.6. The predicted octanol–water partition coefficient (Wildman–Crippen LogP) is 3.30. The van der Waals surface area contributed by atoms with Crippen LogP contribution in [0.25, 0.3) is 0 Å². The van der Waals surface area contributed by atoms with Crippen LogP contribution in [0.5, 0.6) is 11.5 Å². The molecule has 2 atom stereocenters. The van der Waals surface area contributed by atoms with E-state index in [1.807, 2.05) is 24.3 Å². The van der Waals surface area contributed by atoms with Gasteiger partial charge in [0.25, 0.3) is 0 Å². The van der Waals surface area contributed by atoms with Crippen molar-refractivity contribution in [3.05, 3.63) is 59.2 Å². The number of hydrogen-bond donors (Lipinski definition) is 3. The molecule has 2 N–H and O–H groups in total. The summed E-state index contributed by atoms with van der Waals surface area (Å²) < 4.78 is 10.9. The molecule has 2 aromatic rings. The zero-order valence-corrected chi connectivity index (χ0v) is 18.8. The summed E-state index contributed by atoms with van der Waals surface area (Å²) in [6.07, 6.45) is 2.06. The molecule has 0 aliphatic carbocycles. The van der Waals surface area contributed by atoms with Crippen molar-refractivity contribution < 1.29 is 19.1 Å². The highest BCUT2D eigenvalue weighted by Gasteiger charge is 2.25. The van der Waals surface area contributed by atoms with Gasteiger partial charge in [-0.1, -0.05) is 37.6 Å². The van der Waals surface area contributed by atoms with Crippen molar-refractivity contribution in [2.45, 2.75) is 38.8 Å². The van der Waals surface area contributed by atoms with Gasteiger partial charge < -0.3 is 20.1 Å². The molecule has 0 aliphatic heterocycles. The molecule has 7 heteroatoms. The van der Waals surface area contributed by atoms with Gasteiger partial charge in [0.2, 0.25) is 11.8 Å². The van der Waals surface area contributed by atoms with Crippen LogP contribution in [0.2, 0.25) is 0 Å². The van der Waals surface area contributed by atoms with E-state index in [4.69, 9.17) is 9.47 Å². The standard InChI is InChI=1S/C23H30N2O4S/c1-5-6-16-7-9-17(10-8-16)22(25-23(27)20(14-30)24-15(2)26)19-12-11-18(28-3)13-21(19)29-4/h7-13,20,22,30H,5-6,14H2,1-4H3,(H,24,26)(H,25,27). The average molecular weight is 431 g/mol. The van der Waals surface area contributed by atoms with E-state index in [1.165, 1.54) is 12.5 Å². The summed E-state index contributed by atoms with van der Waals surface area (Å²) >= 11 is 4.21. The Kier molecular flexibility index (Phi) is 9.05. The maximum Gasteiger partial charge on any atom is 0.244 e. The van der Waals surface area contributed by atoms with E-state index in [0.29, 0.717) is 11.5 Å². The van der Waals surface area contributed by atoms with Crippen molar-refractivity contribution in [2.24, 2.45) is 0 Å². The molecular formula is C23H30N2O4S. The van der Waals surface area contributed by atoms with Crippen LogP contribution in [-0.4, -0.2) is 37.8 Å². The van der Waals surface area contributed by atoms with Crippen LogP contribution < -0.4 is 20.1 Å². The molecule has 0 spiro atoms. The van der Waals surface area contributed by atoms with E-state index >= 15 is 0 Å². The number of hydrogen-bond acceptors (Lipinski definition) is 5. The minimum Gasteiger partial charge on any atom is -0.497 e. The lowest BCUT2D eigenvalue weighted by atomic mass is 9.95. The number of nitrogens with one attached hydrogen (secondary N) is 2. The molecule has 0 saturated heterocycles. The molecule has 0 radical (unpaired) electrons. The van der Waals surface area contributed by atoms with E-state index in [9.17, 15) is 9.59 Å². The van der Waals surface area contributed by atoms with Gasteiger partial charge in [0.15, 0.2) is 0 Å². The minimum absolute atomic E-state index is 0.188. The highest BCUT2D eigenvalue weighted by molar-refractivity contribution is 7.80. The molecule has 0 aromatic heterocycles. The van der Waals surface area contributed by atoms with Gasteiger partial charge >= 0.3 is 0 Å². The van der Waals surface area contributed by atoms with Crippen molar-refractivity contribution in [1.29, 1.82) is 0 Å². The normalized spacial score (nSPS) is 12.6. The molecule has 0 fully saturated rings. The number of carbonyl (C=O) groups is 2. The second-order valence-electron chi connectivity index (χ2n) is 6.98. The Bertz CT molecular complexity index is 855. The van der Waals surface area contributed by atoms with Crippen LogP contribution in [0.1, 0.15) is 43.0 Å². The molecule has 162 valence electrons. The van der Waals surface area contributed by atoms with Crippen molar-refractivity contribution in [3.8, 4) is 11.5 Å². The maximum atomic E-state index is 12.9. The molecule has 30 heavy (non-hydrogen) atoms. The Labute approximate surface area is 183 Å². The highest BCUT2D eigenvalue weighted by atomic mass is 32.1. The number of rotatable bonds is 10. The number of methoxy groups -OCH3 is 2. The number of amides is 2. The van der Waals surface area contributed by atoms with Crippen LogP contribution in [0.3, 0.4) is 0 Å². The second kappa shape index (κ2) is 11.5. The molecular weight excluding hydrogens is 400 g/mol. The lowest BCUT2D eigenvalue weighted by molar-refractivity contribution is -0.127. The van der Waals surface area contributed by atoms with E-state index in [2.05, 4.69) is 42.3 Å². The third kappa shape index (κ3) is 6.16. The first-order chi connectivity index (χ1) is 14.4. The van der Waals surface area contributed by atoms with Crippen LogP contribution in [0, 0.1) is 0 Å². The van der Waals surface area contributed by atoms with Gasteiger partial charge in [-0.25, -0.2) is 0 Å². The van der Waals surface area contributed by atoms with Gasteiger partial charge in [-0.15, -0.1) is 0 Å². The van der Waals surface area contributed by atoms with Crippen molar-refractivity contribution in [3.63, 3.8) is 0 Å². The first-order valence-corrected chi connectivity index (χ1v) is 10.6. The van der Waals surface area contributed by atoms with Crippen molar-refractivity contribution >= 4 is 24.4 Å². The van der Waals surface area contributed by atoms with Gasteiger partial charge in [0.05, 0.1) is 20.3 Å². The lowest BCUT2D eigenvalue weighted by Crippen LogP contribution is -2.48. The highest BCUT2D eigenvalue weighted by Crippen LogP contribution is 2.33. The summed E-state index contributed by atoms with van der Waals surface area (Å²) in [7, 11) is 3.17. The number of carbonyl (C=O) groups excluding carboxylic acids is 2. The molecule has 2 amide bonds. The molecule has 0 aliphatic rings. The summed E-state index contributed by atoms with van der Waals surface area (Å²) in [4.78, 5) is 24.4. The maximum absolute atomic E-state index is 12.9. The van der Waals surface area contributed by atoms with E-state index in [-0.39, 0.29) is 17.6 Å². The van der Waals surface area contributed by atoms with Crippen LogP contribution >= 0.6 is 12.6 Å². The second-order valence-corrected chi connectivity index (χ2v) is 7.34. The van der Waals surface area contributed by atoms with Crippen LogP contribution in [-0.2, 0) is 16.0 Å². The number of benzene rings is 2. The quantitative estimate of drug-likeness (QED) is 0.506. The fourth-order valence-electron chi connectivity index (χ4n) is 3.25. The van der Waals surface area contributed by atoms with Crippen LogP contribution in [0.15, 0.2) is 42.5 Å². The summed E-state index contributed by atoms with van der Waals surface area (Å²) in [5.41, 5.74) is 2.93. The van der Waals surface area contributed by atoms with E-state index < -0.39 is 12.1 Å². The number of aryl methyl sites for hydroxylation is 1. The van der Waals surface area contributed by atoms with Gasteiger partial charge in [0, 0.05) is 24.3 Å². The van der Waals surface area contributed by atoms with Gasteiger partial charge in [-0.2, -0.15) is 12.6 Å². The minimum atomic E-state index is -0.739. The Balaban J connectivity index is 2.44. The third-order valence-electron chi connectivity index (χ3n) is 4.77. The predicted molar refractivity (Wildman–Crippen MR) is 121 cm³/mol. The molecule has 2 aromatic carbocycles. The molecule has 0 bridgehead atoms. The Morgan fingerprint density at radius 1 is 1.03 bits per heavy atom. The summed E-state index contributed by atoms with van der Waals surface area (Å²) in [5.74, 6) is 0.838. The topological polar surface area (TPSA) is 76.7 Å². The summed E-state index contributed by atoms with van der Waals surface area (Å²) in [5, 5.41) is 5.68. The molecule has 0 heterocycles. The Morgan fingerprint density at radius 3 is 2.27 bits per heavy atom. The van der Waals surface area contributed by atoms with Crippen LogP contribution in [0.4, 0.5) is 0 Å². The molecule has 2 unspecified atom stereocenters. The first-order valence-electron chi connectivity index (χ1n) is 9.92. The summed E-state index contributed by atoms with van der Waals surface area (Å²) in [6.45, 7) is 3.51. The number of thiol groups is 1. The van der Waals surface area contributed by atoms with E-state index in [0.717, 1.165) is 24.0 Å². The van der Waals surface area contributed by atoms with Crippen molar-refractivity contribution in [2.75, 3.05) is 20.0 Å². The average Bonchev–Trinajstić information content (AvgIpc) is 2.76. The zero-order valence-electron chi connectivity index (χ0n) is 17.9. The number of ether oxygens (including phenoxy) is 2. The van der Waals surface area contributed by atoms with Gasteiger partial charge in [0.1, 0.15) is 17.5 Å². The zero-order chi connectivity index (χ0) is 22.1. The Hall–Kier alpha value is -2.67. The molecule has 0 saturated carbocycles. The SMILES string of the molecule is CCCc1ccc(C(NC(=O)C(CS)NC(C)=O)c2ccc(OC)cc2OC)cc1. The largest absolute Gasteiger partial charge is 0.497 e. The van der Waals surface area contributed by atoms with Crippen molar-refractivity contribution in [1.82, 2.24) is 10.6 Å². The van der Waals surface area contributed by atoms with Gasteiger partial charge in [-0.3, -0.25) is 9.59 Å². The summed E-state index contributed by atoms with van der Waals surface area (Å²) in [6, 6.07) is 12.4. The van der Waals surface area contributed by atoms with Gasteiger partial charge in [-0.05, 0) is 29.7 Å².